The molecule has 0 atom stereocenters. The second-order valence-corrected chi connectivity index (χ2v) is 4.77. The van der Waals surface area contributed by atoms with E-state index in [1.807, 2.05) is 0 Å². The topological polar surface area (TPSA) is 74.1 Å². The highest BCUT2D eigenvalue weighted by atomic mass is 19.4. The SMILES string of the molecule is O=[N+]([O-])c1cc(OCCN2CCOCC2)cc(OC(F)(F)F)c1. The largest absolute Gasteiger partial charge is 0.573 e. The van der Waals surface area contributed by atoms with Gasteiger partial charge in [-0.15, -0.1) is 13.2 Å². The highest BCUT2D eigenvalue weighted by Crippen LogP contribution is 2.31. The third-order valence-corrected chi connectivity index (χ3v) is 3.09. The van der Waals surface area contributed by atoms with Crippen LogP contribution in [0.15, 0.2) is 18.2 Å². The summed E-state index contributed by atoms with van der Waals surface area (Å²) in [6.07, 6.45) is -4.93. The quantitative estimate of drug-likeness (QED) is 0.586. The second kappa shape index (κ2) is 7.47. The summed E-state index contributed by atoms with van der Waals surface area (Å²) in [5, 5.41) is 10.8. The summed E-state index contributed by atoms with van der Waals surface area (Å²) in [6, 6.07) is 2.73. The second-order valence-electron chi connectivity index (χ2n) is 4.77. The van der Waals surface area contributed by atoms with E-state index < -0.39 is 22.7 Å². The molecule has 1 fully saturated rings. The number of benzene rings is 1. The van der Waals surface area contributed by atoms with Crippen LogP contribution >= 0.6 is 0 Å². The third kappa shape index (κ3) is 5.91. The van der Waals surface area contributed by atoms with Gasteiger partial charge in [-0.3, -0.25) is 15.0 Å². The van der Waals surface area contributed by atoms with Crippen LogP contribution in [0.25, 0.3) is 0 Å². The van der Waals surface area contributed by atoms with Gasteiger partial charge < -0.3 is 14.2 Å². The van der Waals surface area contributed by atoms with Crippen molar-refractivity contribution in [2.75, 3.05) is 39.5 Å². The minimum atomic E-state index is -4.93. The lowest BCUT2D eigenvalue weighted by Gasteiger charge is -2.26. The maximum Gasteiger partial charge on any atom is 0.573 e. The van der Waals surface area contributed by atoms with Gasteiger partial charge in [0.05, 0.1) is 30.3 Å². The number of hydrogen-bond acceptors (Lipinski definition) is 6. The summed E-state index contributed by atoms with van der Waals surface area (Å²) < 4.78 is 51.0. The van der Waals surface area contributed by atoms with Crippen LogP contribution in [0.2, 0.25) is 0 Å². The number of nitro groups is 1. The molecule has 0 amide bonds. The number of non-ortho nitro benzene ring substituents is 1. The van der Waals surface area contributed by atoms with Gasteiger partial charge in [-0.25, -0.2) is 0 Å². The number of nitro benzene ring substituents is 1. The first-order valence-electron chi connectivity index (χ1n) is 6.81. The summed E-state index contributed by atoms with van der Waals surface area (Å²) in [5.41, 5.74) is -0.534. The smallest absolute Gasteiger partial charge is 0.492 e. The van der Waals surface area contributed by atoms with Gasteiger partial charge in [-0.1, -0.05) is 0 Å². The van der Waals surface area contributed by atoms with E-state index in [1.54, 1.807) is 0 Å². The van der Waals surface area contributed by atoms with Crippen molar-refractivity contribution in [1.29, 1.82) is 0 Å². The molecule has 2 rings (SSSR count). The van der Waals surface area contributed by atoms with Gasteiger partial charge >= 0.3 is 6.36 Å². The fourth-order valence-electron chi connectivity index (χ4n) is 2.06. The average Bonchev–Trinajstić information content (AvgIpc) is 2.46. The van der Waals surface area contributed by atoms with Gasteiger partial charge in [0.25, 0.3) is 5.69 Å². The van der Waals surface area contributed by atoms with Gasteiger partial charge in [0.1, 0.15) is 18.1 Å². The van der Waals surface area contributed by atoms with E-state index in [2.05, 4.69) is 9.64 Å². The maximum absolute atomic E-state index is 12.2. The number of hydrogen-bond donors (Lipinski definition) is 0. The fraction of sp³-hybridized carbons (Fsp3) is 0.538. The molecule has 7 nitrogen and oxygen atoms in total. The van der Waals surface area contributed by atoms with E-state index in [-0.39, 0.29) is 12.4 Å². The monoisotopic (exact) mass is 336 g/mol. The normalized spacial score (nSPS) is 16.1. The van der Waals surface area contributed by atoms with Crippen LogP contribution in [0.3, 0.4) is 0 Å². The molecule has 0 N–H and O–H groups in total. The molecule has 23 heavy (non-hydrogen) atoms. The number of rotatable bonds is 6. The van der Waals surface area contributed by atoms with E-state index >= 15 is 0 Å². The molecule has 1 aromatic rings. The van der Waals surface area contributed by atoms with Crippen molar-refractivity contribution in [3.05, 3.63) is 28.3 Å². The highest BCUT2D eigenvalue weighted by Gasteiger charge is 2.32. The molecular formula is C13H15F3N2O5. The van der Waals surface area contributed by atoms with Gasteiger partial charge in [0, 0.05) is 25.7 Å². The van der Waals surface area contributed by atoms with Crippen LogP contribution < -0.4 is 9.47 Å². The molecule has 0 saturated carbocycles. The van der Waals surface area contributed by atoms with Crippen LogP contribution in [-0.4, -0.2) is 55.6 Å². The summed E-state index contributed by atoms with van der Waals surface area (Å²) in [6.45, 7) is 3.43. The summed E-state index contributed by atoms with van der Waals surface area (Å²) in [7, 11) is 0. The Morgan fingerprint density at radius 1 is 1.22 bits per heavy atom. The molecule has 0 aromatic heterocycles. The molecule has 1 heterocycles. The molecule has 1 aliphatic rings. The zero-order valence-electron chi connectivity index (χ0n) is 12.0. The van der Waals surface area contributed by atoms with Crippen molar-refractivity contribution in [2.45, 2.75) is 6.36 Å². The lowest BCUT2D eigenvalue weighted by atomic mass is 10.3. The standard InChI is InChI=1S/C13H15F3N2O5/c14-13(15,16)23-12-8-10(18(19)20)7-11(9-12)22-6-3-17-1-4-21-5-2-17/h7-9H,1-6H2. The minimum Gasteiger partial charge on any atom is -0.492 e. The lowest BCUT2D eigenvalue weighted by Crippen LogP contribution is -2.38. The molecule has 0 bridgehead atoms. The Labute approximate surface area is 129 Å². The van der Waals surface area contributed by atoms with Crippen LogP contribution in [0.4, 0.5) is 18.9 Å². The van der Waals surface area contributed by atoms with E-state index in [4.69, 9.17) is 9.47 Å². The minimum absolute atomic E-state index is 0.0493. The Bertz CT molecular complexity index is 547. The molecule has 0 spiro atoms. The maximum atomic E-state index is 12.2. The molecule has 0 aliphatic carbocycles. The van der Waals surface area contributed by atoms with Gasteiger partial charge in [-0.05, 0) is 0 Å². The van der Waals surface area contributed by atoms with Crippen molar-refractivity contribution < 1.29 is 32.3 Å². The molecule has 1 aliphatic heterocycles. The molecular weight excluding hydrogens is 321 g/mol. The van der Waals surface area contributed by atoms with Gasteiger partial charge in [-0.2, -0.15) is 0 Å². The summed E-state index contributed by atoms with van der Waals surface area (Å²) in [5.74, 6) is -0.736. The molecule has 0 unspecified atom stereocenters. The predicted molar refractivity (Wildman–Crippen MR) is 72.5 cm³/mol. The Morgan fingerprint density at radius 2 is 1.87 bits per heavy atom. The summed E-state index contributed by atoms with van der Waals surface area (Å²) >= 11 is 0. The Kier molecular flexibility index (Phi) is 5.61. The first kappa shape index (κ1) is 17.3. The lowest BCUT2D eigenvalue weighted by molar-refractivity contribution is -0.385. The first-order chi connectivity index (χ1) is 10.8. The number of nitrogens with zero attached hydrogens (tertiary/aromatic N) is 2. The van der Waals surface area contributed by atoms with Gasteiger partial charge in [0.2, 0.25) is 0 Å². The van der Waals surface area contributed by atoms with Crippen LogP contribution in [0, 0.1) is 10.1 Å². The predicted octanol–water partition coefficient (Wildman–Crippen LogP) is 2.20. The molecule has 1 aromatic carbocycles. The van der Waals surface area contributed by atoms with Crippen molar-refractivity contribution in [2.24, 2.45) is 0 Å². The first-order valence-corrected chi connectivity index (χ1v) is 6.81. The van der Waals surface area contributed by atoms with Crippen molar-refractivity contribution in [1.82, 2.24) is 4.90 Å². The van der Waals surface area contributed by atoms with E-state index in [0.717, 1.165) is 25.2 Å². The fourth-order valence-corrected chi connectivity index (χ4v) is 2.06. The van der Waals surface area contributed by atoms with Crippen LogP contribution in [0.5, 0.6) is 11.5 Å². The number of alkyl halides is 3. The molecule has 10 heteroatoms. The van der Waals surface area contributed by atoms with Crippen LogP contribution in [0.1, 0.15) is 0 Å². The van der Waals surface area contributed by atoms with E-state index in [0.29, 0.717) is 25.8 Å². The van der Waals surface area contributed by atoms with Crippen molar-refractivity contribution in [3.8, 4) is 11.5 Å². The van der Waals surface area contributed by atoms with E-state index in [9.17, 15) is 23.3 Å². The van der Waals surface area contributed by atoms with Crippen LogP contribution in [-0.2, 0) is 4.74 Å². The Balaban J connectivity index is 1.99. The molecule has 128 valence electrons. The number of morpholine rings is 1. The molecule has 1 saturated heterocycles. The van der Waals surface area contributed by atoms with Gasteiger partial charge in [0.15, 0.2) is 0 Å². The Morgan fingerprint density at radius 3 is 2.48 bits per heavy atom. The number of ether oxygens (including phenoxy) is 3. The van der Waals surface area contributed by atoms with E-state index in [1.165, 1.54) is 0 Å². The zero-order valence-corrected chi connectivity index (χ0v) is 12.0. The average molecular weight is 336 g/mol. The van der Waals surface area contributed by atoms with Crippen molar-refractivity contribution in [3.63, 3.8) is 0 Å². The Hall–Kier alpha value is -2.07. The molecule has 0 radical (unpaired) electrons. The van der Waals surface area contributed by atoms with Crippen molar-refractivity contribution >= 4 is 5.69 Å². The highest BCUT2D eigenvalue weighted by molar-refractivity contribution is 5.46. The summed E-state index contributed by atoms with van der Waals surface area (Å²) in [4.78, 5) is 12.0. The third-order valence-electron chi connectivity index (χ3n) is 3.09. The number of halogens is 3. The zero-order chi connectivity index (χ0) is 16.9.